The van der Waals surface area contributed by atoms with Crippen LogP contribution in [0.1, 0.15) is 37.2 Å². The molecule has 0 spiro atoms. The van der Waals surface area contributed by atoms with Gasteiger partial charge in [0.25, 0.3) is 0 Å². The average Bonchev–Trinajstić information content (AvgIpc) is 2.97. The fourth-order valence-electron chi connectivity index (χ4n) is 2.76. The summed E-state index contributed by atoms with van der Waals surface area (Å²) in [6, 6.07) is 7.21. The number of benzene rings is 1. The smallest absolute Gasteiger partial charge is 0.109 e. The van der Waals surface area contributed by atoms with Gasteiger partial charge in [-0.15, -0.1) is 0 Å². The highest BCUT2D eigenvalue weighted by atomic mass is 15.1. The highest BCUT2D eigenvalue weighted by Gasteiger charge is 2.17. The Morgan fingerprint density at radius 2 is 2.35 bits per heavy atom. The van der Waals surface area contributed by atoms with Gasteiger partial charge < -0.3 is 9.88 Å². The lowest BCUT2D eigenvalue weighted by Gasteiger charge is -2.10. The summed E-state index contributed by atoms with van der Waals surface area (Å²) in [4.78, 5) is 4.64. The quantitative estimate of drug-likeness (QED) is 0.857. The first-order valence-corrected chi connectivity index (χ1v) is 6.48. The molecule has 17 heavy (non-hydrogen) atoms. The van der Waals surface area contributed by atoms with Crippen molar-refractivity contribution in [3.63, 3.8) is 0 Å². The second-order valence-corrected chi connectivity index (χ2v) is 4.84. The molecule has 3 nitrogen and oxygen atoms in total. The molecule has 1 aromatic carbocycles. The number of fused-ring (bicyclic) bond motifs is 1. The number of rotatable bonds is 2. The van der Waals surface area contributed by atoms with Crippen LogP contribution in [-0.4, -0.2) is 16.1 Å². The molecule has 3 heteroatoms. The maximum Gasteiger partial charge on any atom is 0.109 e. The van der Waals surface area contributed by atoms with Crippen molar-refractivity contribution in [1.29, 1.82) is 0 Å². The topological polar surface area (TPSA) is 29.9 Å². The van der Waals surface area contributed by atoms with Crippen LogP contribution in [0.2, 0.25) is 0 Å². The third kappa shape index (κ3) is 1.75. The highest BCUT2D eigenvalue weighted by molar-refractivity contribution is 5.77. The van der Waals surface area contributed by atoms with E-state index in [2.05, 4.69) is 47.0 Å². The Morgan fingerprint density at radius 1 is 1.47 bits per heavy atom. The number of imidazole rings is 1. The Kier molecular flexibility index (Phi) is 2.63. The maximum absolute atomic E-state index is 4.64. The molecule has 90 valence electrons. The average molecular weight is 229 g/mol. The number of nitrogens with zero attached hydrogens (tertiary/aromatic N) is 2. The van der Waals surface area contributed by atoms with E-state index in [1.165, 1.54) is 23.9 Å². The summed E-state index contributed by atoms with van der Waals surface area (Å²) >= 11 is 0. The number of nitrogens with one attached hydrogen (secondary N) is 1. The normalized spacial score (nSPS) is 20.2. The predicted octanol–water partition coefficient (Wildman–Crippen LogP) is 2.56. The first-order chi connectivity index (χ1) is 8.29. The van der Waals surface area contributed by atoms with Crippen molar-refractivity contribution in [3.05, 3.63) is 29.6 Å². The van der Waals surface area contributed by atoms with Gasteiger partial charge in [0.2, 0.25) is 0 Å². The van der Waals surface area contributed by atoms with Gasteiger partial charge >= 0.3 is 0 Å². The maximum atomic E-state index is 4.64. The zero-order chi connectivity index (χ0) is 11.8. The Labute approximate surface area is 102 Å². The molecule has 2 heterocycles. The third-order valence-corrected chi connectivity index (χ3v) is 3.78. The van der Waals surface area contributed by atoms with Crippen molar-refractivity contribution in [1.82, 2.24) is 14.9 Å². The summed E-state index contributed by atoms with van der Waals surface area (Å²) in [7, 11) is 2.11. The standard InChI is InChI=1S/C14H19N3/c1-3-14-16-12-7-6-10(9-13(12)17(14)2)11-5-4-8-15-11/h6-7,9,11,15H,3-5,8H2,1-2H3. The second-order valence-electron chi connectivity index (χ2n) is 4.84. The minimum atomic E-state index is 0.541. The van der Waals surface area contributed by atoms with Gasteiger partial charge in [0, 0.05) is 19.5 Å². The van der Waals surface area contributed by atoms with Gasteiger partial charge in [-0.25, -0.2) is 4.98 Å². The Morgan fingerprint density at radius 3 is 3.06 bits per heavy atom. The molecule has 0 saturated carbocycles. The monoisotopic (exact) mass is 229 g/mol. The summed E-state index contributed by atoms with van der Waals surface area (Å²) in [5, 5.41) is 3.55. The summed E-state index contributed by atoms with van der Waals surface area (Å²) in [5.41, 5.74) is 3.78. The molecule has 1 aliphatic heterocycles. The van der Waals surface area contributed by atoms with Gasteiger partial charge in [-0.3, -0.25) is 0 Å². The van der Waals surface area contributed by atoms with Gasteiger partial charge in [0.1, 0.15) is 5.82 Å². The lowest BCUT2D eigenvalue weighted by molar-refractivity contribution is 0.648. The molecule has 0 aliphatic carbocycles. The van der Waals surface area contributed by atoms with E-state index < -0.39 is 0 Å². The molecular weight excluding hydrogens is 210 g/mol. The van der Waals surface area contributed by atoms with Crippen molar-refractivity contribution in [2.45, 2.75) is 32.2 Å². The van der Waals surface area contributed by atoms with Gasteiger partial charge in [0.05, 0.1) is 11.0 Å². The minimum absolute atomic E-state index is 0.541. The van der Waals surface area contributed by atoms with E-state index in [4.69, 9.17) is 0 Å². The van der Waals surface area contributed by atoms with Crippen LogP contribution >= 0.6 is 0 Å². The largest absolute Gasteiger partial charge is 0.331 e. The predicted molar refractivity (Wildman–Crippen MR) is 70.1 cm³/mol. The Balaban J connectivity index is 2.08. The van der Waals surface area contributed by atoms with Gasteiger partial charge in [0.15, 0.2) is 0 Å². The van der Waals surface area contributed by atoms with E-state index in [0.29, 0.717) is 6.04 Å². The lowest BCUT2D eigenvalue weighted by atomic mass is 10.0. The summed E-state index contributed by atoms with van der Waals surface area (Å²) in [6.07, 6.45) is 3.53. The van der Waals surface area contributed by atoms with E-state index in [-0.39, 0.29) is 0 Å². The zero-order valence-electron chi connectivity index (χ0n) is 10.5. The van der Waals surface area contributed by atoms with Crippen LogP contribution in [0.4, 0.5) is 0 Å². The van der Waals surface area contributed by atoms with Crippen molar-refractivity contribution in [2.75, 3.05) is 6.54 Å². The third-order valence-electron chi connectivity index (χ3n) is 3.78. The van der Waals surface area contributed by atoms with E-state index in [1.807, 2.05) is 0 Å². The molecule has 1 N–H and O–H groups in total. The lowest BCUT2D eigenvalue weighted by Crippen LogP contribution is -2.12. The van der Waals surface area contributed by atoms with Crippen LogP contribution in [0.5, 0.6) is 0 Å². The molecule has 2 aromatic rings. The molecule has 1 unspecified atom stereocenters. The molecule has 1 aliphatic rings. The van der Waals surface area contributed by atoms with Crippen LogP contribution in [0.25, 0.3) is 11.0 Å². The zero-order valence-corrected chi connectivity index (χ0v) is 10.5. The van der Waals surface area contributed by atoms with Crippen LogP contribution in [0.15, 0.2) is 18.2 Å². The fourth-order valence-corrected chi connectivity index (χ4v) is 2.76. The van der Waals surface area contributed by atoms with E-state index in [9.17, 15) is 0 Å². The molecule has 1 atom stereocenters. The van der Waals surface area contributed by atoms with Crippen LogP contribution in [-0.2, 0) is 13.5 Å². The second kappa shape index (κ2) is 4.15. The first kappa shape index (κ1) is 10.8. The van der Waals surface area contributed by atoms with Gasteiger partial charge in [-0.1, -0.05) is 13.0 Å². The summed E-state index contributed by atoms with van der Waals surface area (Å²) < 4.78 is 2.22. The van der Waals surface area contributed by atoms with Crippen molar-refractivity contribution in [3.8, 4) is 0 Å². The number of aryl methyl sites for hydroxylation is 2. The van der Waals surface area contributed by atoms with Crippen molar-refractivity contribution >= 4 is 11.0 Å². The highest BCUT2D eigenvalue weighted by Crippen LogP contribution is 2.26. The molecular formula is C14H19N3. The van der Waals surface area contributed by atoms with Crippen LogP contribution in [0, 0.1) is 0 Å². The number of aromatic nitrogens is 2. The van der Waals surface area contributed by atoms with E-state index >= 15 is 0 Å². The Bertz CT molecular complexity index is 536. The van der Waals surface area contributed by atoms with Crippen LogP contribution in [0.3, 0.4) is 0 Å². The summed E-state index contributed by atoms with van der Waals surface area (Å²) in [5.74, 6) is 1.16. The van der Waals surface area contributed by atoms with Gasteiger partial charge in [-0.05, 0) is 37.1 Å². The number of hydrogen-bond acceptors (Lipinski definition) is 2. The molecule has 1 saturated heterocycles. The molecule has 0 amide bonds. The first-order valence-electron chi connectivity index (χ1n) is 6.48. The Hall–Kier alpha value is -1.35. The summed E-state index contributed by atoms with van der Waals surface area (Å²) in [6.45, 7) is 3.30. The van der Waals surface area contributed by atoms with E-state index in [1.54, 1.807) is 0 Å². The molecule has 3 rings (SSSR count). The van der Waals surface area contributed by atoms with Gasteiger partial charge in [-0.2, -0.15) is 0 Å². The van der Waals surface area contributed by atoms with Crippen molar-refractivity contribution in [2.24, 2.45) is 7.05 Å². The fraction of sp³-hybridized carbons (Fsp3) is 0.500. The molecule has 1 aromatic heterocycles. The van der Waals surface area contributed by atoms with E-state index in [0.717, 1.165) is 24.3 Å². The van der Waals surface area contributed by atoms with Crippen molar-refractivity contribution < 1.29 is 0 Å². The number of hydrogen-bond donors (Lipinski definition) is 1. The molecule has 0 radical (unpaired) electrons. The SMILES string of the molecule is CCc1nc2ccc(C3CCCN3)cc2n1C. The molecule has 0 bridgehead atoms. The minimum Gasteiger partial charge on any atom is -0.331 e. The van der Waals surface area contributed by atoms with Crippen LogP contribution < -0.4 is 5.32 Å². The molecule has 1 fully saturated rings.